The van der Waals surface area contributed by atoms with E-state index in [9.17, 15) is 26.3 Å². The Morgan fingerprint density at radius 2 is 1.00 bits per heavy atom. The number of thiophene rings is 2. The van der Waals surface area contributed by atoms with Gasteiger partial charge in [0.25, 0.3) is 0 Å². The minimum atomic E-state index is -4.50. The summed E-state index contributed by atoms with van der Waals surface area (Å²) in [4.78, 5) is 10.4. The highest BCUT2D eigenvalue weighted by Crippen LogP contribution is 2.53. The van der Waals surface area contributed by atoms with Gasteiger partial charge in [-0.15, -0.1) is 22.7 Å². The van der Waals surface area contributed by atoms with Crippen LogP contribution in [0.1, 0.15) is 61.8 Å². The first-order valence-corrected chi connectivity index (χ1v) is 13.9. The molecule has 0 aliphatic heterocycles. The predicted octanol–water partition coefficient (Wildman–Crippen LogP) is 10.9. The summed E-state index contributed by atoms with van der Waals surface area (Å²) >= 11 is 2.85. The molecule has 12 heteroatoms. The van der Waals surface area contributed by atoms with E-state index in [2.05, 4.69) is 9.97 Å². The second-order valence-corrected chi connectivity index (χ2v) is 12.1. The van der Waals surface area contributed by atoms with Gasteiger partial charge in [0.05, 0.1) is 30.3 Å². The van der Waals surface area contributed by atoms with Crippen LogP contribution in [0.4, 0.5) is 26.3 Å². The topological polar surface area (TPSA) is 52.1 Å². The van der Waals surface area contributed by atoms with Crippen molar-refractivity contribution in [2.45, 2.75) is 51.9 Å². The summed E-state index contributed by atoms with van der Waals surface area (Å²) in [6, 6.07) is 6.45. The molecule has 0 aliphatic carbocycles. The van der Waals surface area contributed by atoms with Gasteiger partial charge < -0.3 is 8.83 Å². The van der Waals surface area contributed by atoms with Crippen LogP contribution in [-0.4, -0.2) is 9.97 Å². The molecule has 0 saturated heterocycles. The first-order valence-electron chi connectivity index (χ1n) is 12.3. The molecule has 0 unspecified atom stereocenters. The van der Waals surface area contributed by atoms with E-state index < -0.39 is 23.5 Å². The molecule has 2 aromatic carbocycles. The van der Waals surface area contributed by atoms with E-state index in [1.54, 1.807) is 0 Å². The van der Waals surface area contributed by atoms with Crippen LogP contribution in [0.5, 0.6) is 0 Å². The van der Waals surface area contributed by atoms with Crippen molar-refractivity contribution in [3.05, 3.63) is 58.7 Å². The zero-order valence-corrected chi connectivity index (χ0v) is 23.0. The summed E-state index contributed by atoms with van der Waals surface area (Å²) in [5, 5.41) is 0. The number of benzene rings is 2. The van der Waals surface area contributed by atoms with Gasteiger partial charge in [-0.05, 0) is 59.4 Å². The van der Waals surface area contributed by atoms with E-state index in [1.807, 2.05) is 27.7 Å². The Kier molecular flexibility index (Phi) is 6.08. The van der Waals surface area contributed by atoms with Gasteiger partial charge in [-0.1, -0.05) is 27.7 Å². The molecule has 6 rings (SSSR count). The third-order valence-corrected chi connectivity index (χ3v) is 9.15. The summed E-state index contributed by atoms with van der Waals surface area (Å²) in [5.74, 6) is 0.497. The van der Waals surface area contributed by atoms with Crippen LogP contribution < -0.4 is 0 Å². The van der Waals surface area contributed by atoms with Gasteiger partial charge in [-0.25, -0.2) is 9.97 Å². The second kappa shape index (κ2) is 9.07. The second-order valence-electron chi connectivity index (χ2n) is 10.1. The van der Waals surface area contributed by atoms with Crippen molar-refractivity contribution >= 4 is 54.3 Å². The van der Waals surface area contributed by atoms with E-state index >= 15 is 0 Å². The molecule has 0 aliphatic rings. The lowest BCUT2D eigenvalue weighted by Gasteiger charge is -2.06. The monoisotopic (exact) mass is 594 g/mol. The van der Waals surface area contributed by atoms with E-state index in [0.717, 1.165) is 54.5 Å². The number of alkyl halides is 6. The van der Waals surface area contributed by atoms with Gasteiger partial charge in [0.15, 0.2) is 11.2 Å². The lowest BCUT2D eigenvalue weighted by Crippen LogP contribution is -2.03. The van der Waals surface area contributed by atoms with E-state index in [4.69, 9.17) is 8.83 Å². The molecule has 0 radical (unpaired) electrons. The Morgan fingerprint density at radius 3 is 1.32 bits per heavy atom. The number of hydrogen-bond acceptors (Lipinski definition) is 6. The number of hydrogen-bond donors (Lipinski definition) is 0. The Labute approximate surface area is 231 Å². The average molecular weight is 595 g/mol. The van der Waals surface area contributed by atoms with Crippen molar-refractivity contribution in [3.63, 3.8) is 0 Å². The molecule has 0 atom stereocenters. The summed E-state index contributed by atoms with van der Waals surface area (Å²) in [6.45, 7) is 8.01. The summed E-state index contributed by atoms with van der Waals surface area (Å²) in [5.41, 5.74) is 0.967. The zero-order valence-electron chi connectivity index (χ0n) is 21.4. The Hall–Kier alpha value is -3.38. The van der Waals surface area contributed by atoms with Gasteiger partial charge in [-0.2, -0.15) is 26.3 Å². The van der Waals surface area contributed by atoms with Gasteiger partial charge in [0, 0.05) is 0 Å². The molecule has 0 amide bonds. The van der Waals surface area contributed by atoms with Crippen LogP contribution in [0.15, 0.2) is 45.2 Å². The molecule has 4 aromatic heterocycles. The summed E-state index contributed by atoms with van der Waals surface area (Å²) in [6.07, 6.45) is -9.01. The first-order chi connectivity index (χ1) is 18.7. The van der Waals surface area contributed by atoms with Gasteiger partial charge in [0.2, 0.25) is 11.8 Å². The number of halogens is 6. The molecule has 6 aromatic rings. The normalized spacial score (nSPS) is 13.2. The smallest absolute Gasteiger partial charge is 0.416 e. The van der Waals surface area contributed by atoms with Crippen LogP contribution in [0.3, 0.4) is 0 Å². The Balaban J connectivity index is 1.52. The highest BCUT2D eigenvalue weighted by Gasteiger charge is 2.33. The lowest BCUT2D eigenvalue weighted by molar-refractivity contribution is -0.138. The highest BCUT2D eigenvalue weighted by molar-refractivity contribution is 7.31. The van der Waals surface area contributed by atoms with E-state index in [1.165, 1.54) is 34.8 Å². The number of rotatable bonds is 4. The first kappa shape index (κ1) is 26.8. The minimum absolute atomic E-state index is 0.00832. The number of fused-ring (bicyclic) bond motifs is 3. The predicted molar refractivity (Wildman–Crippen MR) is 144 cm³/mol. The lowest BCUT2D eigenvalue weighted by atomic mass is 10.0. The third kappa shape index (κ3) is 4.37. The van der Waals surface area contributed by atoms with Crippen LogP contribution in [0.2, 0.25) is 0 Å². The van der Waals surface area contributed by atoms with Crippen molar-refractivity contribution < 1.29 is 35.2 Å². The molecule has 208 valence electrons. The van der Waals surface area contributed by atoms with Crippen LogP contribution in [0.25, 0.3) is 53.1 Å². The quantitative estimate of drug-likeness (QED) is 0.191. The minimum Gasteiger partial charge on any atom is -0.435 e. The number of aromatic nitrogens is 2. The molecule has 0 saturated carbocycles. The van der Waals surface area contributed by atoms with Gasteiger partial charge in [0.1, 0.15) is 11.0 Å². The maximum absolute atomic E-state index is 13.2. The van der Waals surface area contributed by atoms with Crippen molar-refractivity contribution in [2.75, 3.05) is 0 Å². The SMILES string of the molecule is CC(C)c1c(-c2nc3ccc(C(F)(F)F)cc3o2)sc2c(C(C)C)c(-c3nc4ccc(C(F)(F)F)cc4o3)sc12. The van der Waals surface area contributed by atoms with Gasteiger partial charge in [-0.3, -0.25) is 0 Å². The summed E-state index contributed by atoms with van der Waals surface area (Å²) < 4.78 is 93.0. The van der Waals surface area contributed by atoms with Crippen LogP contribution >= 0.6 is 22.7 Å². The highest BCUT2D eigenvalue weighted by atomic mass is 32.1. The fourth-order valence-electron chi connectivity index (χ4n) is 4.73. The maximum Gasteiger partial charge on any atom is 0.416 e. The van der Waals surface area contributed by atoms with E-state index in [-0.39, 0.29) is 34.8 Å². The number of nitrogens with zero attached hydrogens (tertiary/aromatic N) is 2. The molecule has 0 spiro atoms. The molecule has 4 heterocycles. The van der Waals surface area contributed by atoms with Crippen molar-refractivity contribution in [1.29, 1.82) is 0 Å². The zero-order chi connectivity index (χ0) is 28.7. The van der Waals surface area contributed by atoms with Crippen molar-refractivity contribution in [2.24, 2.45) is 0 Å². The maximum atomic E-state index is 13.2. The largest absolute Gasteiger partial charge is 0.435 e. The van der Waals surface area contributed by atoms with Crippen LogP contribution in [-0.2, 0) is 12.4 Å². The van der Waals surface area contributed by atoms with Crippen molar-refractivity contribution in [1.82, 2.24) is 9.97 Å². The molecular weight excluding hydrogens is 574 g/mol. The average Bonchev–Trinajstić information content (AvgIpc) is 3.60. The van der Waals surface area contributed by atoms with Gasteiger partial charge >= 0.3 is 12.4 Å². The standard InChI is InChI=1S/C28H20F6N2O2S2/c1-11(2)19-21-22(40-23(19)25-35-15-7-5-13(27(29,30)31)9-17(15)37-25)20(12(3)4)24(39-21)26-36-16-8-6-14(28(32,33)34)10-18(16)38-26/h5-12H,1-4H3. The molecular formula is C28H20F6N2O2S2. The molecule has 4 nitrogen and oxygen atoms in total. The van der Waals surface area contributed by atoms with Crippen LogP contribution in [0, 0.1) is 0 Å². The molecule has 0 fully saturated rings. The molecule has 40 heavy (non-hydrogen) atoms. The van der Waals surface area contributed by atoms with Crippen molar-refractivity contribution in [3.8, 4) is 21.5 Å². The Morgan fingerprint density at radius 1 is 0.625 bits per heavy atom. The third-order valence-electron chi connectivity index (χ3n) is 6.57. The number of oxazole rings is 2. The molecule has 0 bridgehead atoms. The van der Waals surface area contributed by atoms with E-state index in [0.29, 0.717) is 11.0 Å². The summed E-state index contributed by atoms with van der Waals surface area (Å²) in [7, 11) is 0. The molecule has 0 N–H and O–H groups in total. The fraction of sp³-hybridized carbons (Fsp3) is 0.286. The Bertz CT molecular complexity index is 1770. The fourth-order valence-corrected chi connectivity index (χ4v) is 8.06.